The molecule has 0 radical (unpaired) electrons. The Hall–Kier alpha value is 0.0700. The topological polar surface area (TPSA) is 61.8 Å². The lowest BCUT2D eigenvalue weighted by atomic mass is 10.4. The Bertz CT molecular complexity index is 216. The van der Waals surface area contributed by atoms with Crippen LogP contribution in [0.1, 0.15) is 60.3 Å². The van der Waals surface area contributed by atoms with Crippen LogP contribution in [0.3, 0.4) is 0 Å². The average molecular weight is 310 g/mol. The van der Waals surface area contributed by atoms with Crippen LogP contribution in [0, 0.1) is 0 Å². The molecule has 0 aliphatic rings. The Labute approximate surface area is 125 Å². The first kappa shape index (κ1) is 22.4. The van der Waals surface area contributed by atoms with E-state index in [9.17, 15) is 9.46 Å². The van der Waals surface area contributed by atoms with Crippen molar-refractivity contribution in [3.05, 3.63) is 0 Å². The van der Waals surface area contributed by atoms with Crippen LogP contribution >= 0.6 is 7.82 Å². The molecule has 0 spiro atoms. The Morgan fingerprint density at radius 3 is 1.40 bits per heavy atom. The highest BCUT2D eigenvalue weighted by Crippen LogP contribution is 2.38. The van der Waals surface area contributed by atoms with E-state index in [0.29, 0.717) is 0 Å². The van der Waals surface area contributed by atoms with Gasteiger partial charge < -0.3 is 18.8 Å². The summed E-state index contributed by atoms with van der Waals surface area (Å²) in [6, 6.07) is 0. The van der Waals surface area contributed by atoms with E-state index in [-0.39, 0.29) is 13.2 Å². The van der Waals surface area contributed by atoms with E-state index in [1.54, 1.807) is 0 Å². The summed E-state index contributed by atoms with van der Waals surface area (Å²) in [6.45, 7) is 14.5. The molecule has 0 saturated carbocycles. The van der Waals surface area contributed by atoms with Crippen molar-refractivity contribution in [3.8, 4) is 0 Å². The van der Waals surface area contributed by atoms with E-state index < -0.39 is 7.82 Å². The highest BCUT2D eigenvalue weighted by atomic mass is 31.2. The van der Waals surface area contributed by atoms with Gasteiger partial charge in [0, 0.05) is 0 Å². The number of unbranched alkanes of at least 4 members (excludes halogenated alkanes) is 2. The number of nitrogens with zero attached hydrogens (tertiary/aromatic N) is 1. The largest absolute Gasteiger partial charge is 0.756 e. The maximum atomic E-state index is 11.0. The van der Waals surface area contributed by atoms with E-state index in [1.165, 1.54) is 19.6 Å². The predicted molar refractivity (Wildman–Crippen MR) is 82.8 cm³/mol. The highest BCUT2D eigenvalue weighted by Gasteiger charge is 2.07. The van der Waals surface area contributed by atoms with Crippen LogP contribution in [0.2, 0.25) is 0 Å². The molecule has 0 aromatic rings. The van der Waals surface area contributed by atoms with Crippen molar-refractivity contribution in [1.82, 2.24) is 4.90 Å². The number of phosphoric acid groups is 1. The van der Waals surface area contributed by atoms with Crippen molar-refractivity contribution in [2.45, 2.75) is 60.3 Å². The van der Waals surface area contributed by atoms with Gasteiger partial charge in [-0.3, -0.25) is 4.57 Å². The molecule has 0 bridgehead atoms. The Balaban J connectivity index is 0. The lowest BCUT2D eigenvalue weighted by Gasteiger charge is -2.22. The van der Waals surface area contributed by atoms with Crippen molar-refractivity contribution < 1.29 is 18.5 Å². The van der Waals surface area contributed by atoms with Gasteiger partial charge in [-0.1, -0.05) is 47.5 Å². The van der Waals surface area contributed by atoms with Crippen molar-refractivity contribution in [2.24, 2.45) is 0 Å². The highest BCUT2D eigenvalue weighted by molar-refractivity contribution is 7.45. The molecule has 0 aliphatic carbocycles. The SMILES string of the molecule is CCCCOP(=O)([O-])OCCCC.CCN(CC)CC. The fraction of sp³-hybridized carbons (Fsp3) is 1.00. The first-order chi connectivity index (χ1) is 9.47. The van der Waals surface area contributed by atoms with E-state index >= 15 is 0 Å². The van der Waals surface area contributed by atoms with Gasteiger partial charge in [0.1, 0.15) is 0 Å². The Morgan fingerprint density at radius 1 is 0.850 bits per heavy atom. The molecule has 20 heavy (non-hydrogen) atoms. The van der Waals surface area contributed by atoms with E-state index in [0.717, 1.165) is 25.7 Å². The Kier molecular flexibility index (Phi) is 17.3. The molecule has 0 heterocycles. The zero-order valence-electron chi connectivity index (χ0n) is 13.9. The summed E-state index contributed by atoms with van der Waals surface area (Å²) >= 11 is 0. The van der Waals surface area contributed by atoms with Gasteiger partial charge in [-0.25, -0.2) is 0 Å². The van der Waals surface area contributed by atoms with Crippen molar-refractivity contribution in [3.63, 3.8) is 0 Å². The molecule has 0 N–H and O–H groups in total. The molecule has 0 unspecified atom stereocenters. The van der Waals surface area contributed by atoms with Crippen molar-refractivity contribution in [2.75, 3.05) is 32.8 Å². The summed E-state index contributed by atoms with van der Waals surface area (Å²) in [4.78, 5) is 13.3. The second-order valence-electron chi connectivity index (χ2n) is 4.44. The minimum Gasteiger partial charge on any atom is -0.756 e. The molecule has 6 heteroatoms. The van der Waals surface area contributed by atoms with Gasteiger partial charge in [-0.15, -0.1) is 0 Å². The predicted octanol–water partition coefficient (Wildman–Crippen LogP) is 3.44. The molecule has 0 amide bonds. The lowest BCUT2D eigenvalue weighted by molar-refractivity contribution is -0.225. The first-order valence-corrected chi connectivity index (χ1v) is 9.25. The summed E-state index contributed by atoms with van der Waals surface area (Å²) in [7, 11) is -4.00. The van der Waals surface area contributed by atoms with Crippen LogP contribution in [0.25, 0.3) is 0 Å². The number of rotatable bonds is 11. The van der Waals surface area contributed by atoms with Crippen LogP contribution < -0.4 is 4.89 Å². The minimum absolute atomic E-state index is 0.226. The number of phosphoric ester groups is 1. The van der Waals surface area contributed by atoms with Gasteiger partial charge in [0.05, 0.1) is 13.2 Å². The molecule has 0 aromatic heterocycles. The third-order valence-corrected chi connectivity index (χ3v) is 3.83. The van der Waals surface area contributed by atoms with Gasteiger partial charge in [0.2, 0.25) is 0 Å². The standard InChI is InChI=1S/C8H19O4P.C6H15N/c1-3-5-7-11-13(9,10)12-8-6-4-2;1-4-7(5-2)6-3/h3-8H2,1-2H3,(H,9,10);4-6H2,1-3H3/p-1. The molecule has 0 aromatic carbocycles. The second-order valence-corrected chi connectivity index (χ2v) is 5.85. The van der Waals surface area contributed by atoms with Crippen LogP contribution in [-0.4, -0.2) is 37.7 Å². The minimum atomic E-state index is -4.00. The second kappa shape index (κ2) is 15.5. The summed E-state index contributed by atoms with van der Waals surface area (Å²) in [6.07, 6.45) is 3.30. The zero-order chi connectivity index (χ0) is 15.9. The number of hydrogen-bond donors (Lipinski definition) is 0. The van der Waals surface area contributed by atoms with Gasteiger partial charge in [-0.2, -0.15) is 0 Å². The molecule has 0 saturated heterocycles. The van der Waals surface area contributed by atoms with E-state index in [4.69, 9.17) is 0 Å². The maximum Gasteiger partial charge on any atom is 0.267 e. The van der Waals surface area contributed by atoms with E-state index in [1.807, 2.05) is 13.8 Å². The summed E-state index contributed by atoms with van der Waals surface area (Å²) in [5.41, 5.74) is 0. The smallest absolute Gasteiger partial charge is 0.267 e. The van der Waals surface area contributed by atoms with Crippen LogP contribution in [0.15, 0.2) is 0 Å². The average Bonchev–Trinajstić information content (AvgIpc) is 2.42. The van der Waals surface area contributed by atoms with Gasteiger partial charge in [0.15, 0.2) is 0 Å². The van der Waals surface area contributed by atoms with Crippen LogP contribution in [0.5, 0.6) is 0 Å². The monoisotopic (exact) mass is 310 g/mol. The molecular weight excluding hydrogens is 277 g/mol. The molecule has 5 nitrogen and oxygen atoms in total. The molecule has 0 aliphatic heterocycles. The van der Waals surface area contributed by atoms with Crippen LogP contribution in [0.4, 0.5) is 0 Å². The molecule has 0 rings (SSSR count). The van der Waals surface area contributed by atoms with Gasteiger partial charge in [0.25, 0.3) is 7.82 Å². The molecule has 0 atom stereocenters. The summed E-state index contributed by atoms with van der Waals surface area (Å²) < 4.78 is 20.2. The fourth-order valence-corrected chi connectivity index (χ4v) is 2.13. The first-order valence-electron chi connectivity index (χ1n) is 7.79. The summed E-state index contributed by atoms with van der Waals surface area (Å²) in [5, 5.41) is 0. The quantitative estimate of drug-likeness (QED) is 0.432. The lowest BCUT2D eigenvalue weighted by Crippen LogP contribution is -2.21. The molecular formula is C14H33NO4P-. The van der Waals surface area contributed by atoms with Gasteiger partial charge in [-0.05, 0) is 32.5 Å². The van der Waals surface area contributed by atoms with Crippen LogP contribution in [-0.2, 0) is 13.6 Å². The molecule has 0 fully saturated rings. The Morgan fingerprint density at radius 2 is 1.20 bits per heavy atom. The zero-order valence-corrected chi connectivity index (χ0v) is 14.8. The summed E-state index contributed by atoms with van der Waals surface area (Å²) in [5.74, 6) is 0. The normalized spacial score (nSPS) is 11.3. The van der Waals surface area contributed by atoms with Gasteiger partial charge >= 0.3 is 0 Å². The third-order valence-electron chi connectivity index (χ3n) is 2.84. The fourth-order valence-electron chi connectivity index (χ4n) is 1.35. The maximum absolute atomic E-state index is 11.0. The number of hydrogen-bond acceptors (Lipinski definition) is 5. The van der Waals surface area contributed by atoms with Crippen molar-refractivity contribution in [1.29, 1.82) is 0 Å². The van der Waals surface area contributed by atoms with E-state index in [2.05, 4.69) is 34.7 Å². The third kappa shape index (κ3) is 16.1. The van der Waals surface area contributed by atoms with Crippen molar-refractivity contribution >= 4 is 7.82 Å². The molecule has 124 valence electrons.